The van der Waals surface area contributed by atoms with Gasteiger partial charge in [0.15, 0.2) is 4.34 Å². The van der Waals surface area contributed by atoms with E-state index in [1.165, 1.54) is 12.1 Å². The lowest BCUT2D eigenvalue weighted by molar-refractivity contribution is -0.137. The SMILES string of the molecule is O=C(CSc1nnc(NC(=O)c2cc(Br)ccc2Cl)s1)Nc1ccc(C(F)(F)F)cc1. The molecule has 0 fully saturated rings. The lowest BCUT2D eigenvalue weighted by Gasteiger charge is -2.08. The fraction of sp³-hybridized carbons (Fsp3) is 0.111. The zero-order chi connectivity index (χ0) is 22.6. The molecule has 0 aliphatic rings. The van der Waals surface area contributed by atoms with Crippen LogP contribution in [0.4, 0.5) is 24.0 Å². The molecule has 0 bridgehead atoms. The Morgan fingerprint density at radius 2 is 1.81 bits per heavy atom. The number of hydrogen-bond donors (Lipinski definition) is 2. The number of thioether (sulfide) groups is 1. The molecule has 0 saturated heterocycles. The van der Waals surface area contributed by atoms with Crippen molar-refractivity contribution in [2.45, 2.75) is 10.5 Å². The number of rotatable bonds is 6. The van der Waals surface area contributed by atoms with Gasteiger partial charge in [-0.05, 0) is 42.5 Å². The van der Waals surface area contributed by atoms with E-state index in [0.717, 1.165) is 35.2 Å². The number of nitrogens with one attached hydrogen (secondary N) is 2. The highest BCUT2D eigenvalue weighted by molar-refractivity contribution is 9.10. The van der Waals surface area contributed by atoms with Crippen molar-refractivity contribution in [3.05, 3.63) is 63.1 Å². The first-order chi connectivity index (χ1) is 14.6. The van der Waals surface area contributed by atoms with Crippen LogP contribution in [0.5, 0.6) is 0 Å². The first kappa shape index (κ1) is 23.5. The molecule has 0 spiro atoms. The van der Waals surface area contributed by atoms with Crippen LogP contribution < -0.4 is 10.6 Å². The van der Waals surface area contributed by atoms with Gasteiger partial charge in [-0.2, -0.15) is 13.2 Å². The van der Waals surface area contributed by atoms with Crippen LogP contribution in [0, 0.1) is 0 Å². The summed E-state index contributed by atoms with van der Waals surface area (Å²) in [6.45, 7) is 0. The van der Waals surface area contributed by atoms with Gasteiger partial charge in [-0.15, -0.1) is 10.2 Å². The lowest BCUT2D eigenvalue weighted by Crippen LogP contribution is -2.14. The minimum absolute atomic E-state index is 0.0406. The number of carbonyl (C=O) groups is 2. The molecule has 1 aromatic heterocycles. The van der Waals surface area contributed by atoms with Crippen molar-refractivity contribution in [3.8, 4) is 0 Å². The normalized spacial score (nSPS) is 11.3. The number of carbonyl (C=O) groups excluding carboxylic acids is 2. The Kier molecular flexibility index (Phi) is 7.57. The van der Waals surface area contributed by atoms with Gasteiger partial charge in [0.1, 0.15) is 0 Å². The highest BCUT2D eigenvalue weighted by Gasteiger charge is 2.30. The summed E-state index contributed by atoms with van der Waals surface area (Å²) in [5.41, 5.74) is -0.293. The average Bonchev–Trinajstić information content (AvgIpc) is 3.15. The first-order valence-corrected chi connectivity index (χ1v) is 11.3. The zero-order valence-electron chi connectivity index (χ0n) is 15.2. The van der Waals surface area contributed by atoms with E-state index in [4.69, 9.17) is 11.6 Å². The molecule has 2 N–H and O–H groups in total. The summed E-state index contributed by atoms with van der Waals surface area (Å²) in [6.07, 6.45) is -4.44. The van der Waals surface area contributed by atoms with Crippen LogP contribution in [0.15, 0.2) is 51.3 Å². The Hall–Kier alpha value is -2.15. The standard InChI is InChI=1S/C18H11BrClF3N4O2S2/c19-10-3-6-13(20)12(7-10)15(29)25-16-26-27-17(31-16)30-8-14(28)24-11-4-1-9(2-5-11)18(21,22)23/h1-7H,8H2,(H,24,28)(H,25,26,29). The Labute approximate surface area is 195 Å². The molecule has 31 heavy (non-hydrogen) atoms. The number of anilines is 2. The van der Waals surface area contributed by atoms with Crippen molar-refractivity contribution >= 4 is 73.3 Å². The molecule has 2 amide bonds. The van der Waals surface area contributed by atoms with Crippen LogP contribution in [-0.4, -0.2) is 27.8 Å². The van der Waals surface area contributed by atoms with Gasteiger partial charge >= 0.3 is 6.18 Å². The molecule has 162 valence electrons. The second-order valence-corrected chi connectivity index (χ2v) is 9.39. The molecule has 13 heteroatoms. The Bertz CT molecular complexity index is 1110. The quantitative estimate of drug-likeness (QED) is 0.292. The lowest BCUT2D eigenvalue weighted by atomic mass is 10.2. The third-order valence-electron chi connectivity index (χ3n) is 3.62. The van der Waals surface area contributed by atoms with Crippen molar-refractivity contribution < 1.29 is 22.8 Å². The first-order valence-electron chi connectivity index (χ1n) is 8.31. The molecular formula is C18H11BrClF3N4O2S2. The van der Waals surface area contributed by atoms with Crippen LogP contribution in [0.2, 0.25) is 5.02 Å². The molecular weight excluding hydrogens is 541 g/mol. The highest BCUT2D eigenvalue weighted by atomic mass is 79.9. The topological polar surface area (TPSA) is 84.0 Å². The van der Waals surface area contributed by atoms with Crippen LogP contribution in [0.3, 0.4) is 0 Å². The van der Waals surface area contributed by atoms with Gasteiger partial charge in [-0.3, -0.25) is 14.9 Å². The van der Waals surface area contributed by atoms with Crippen LogP contribution in [0.1, 0.15) is 15.9 Å². The van der Waals surface area contributed by atoms with Gasteiger partial charge < -0.3 is 5.32 Å². The van der Waals surface area contributed by atoms with Crippen molar-refractivity contribution in [3.63, 3.8) is 0 Å². The summed E-state index contributed by atoms with van der Waals surface area (Å²) in [5.74, 6) is -0.924. The maximum atomic E-state index is 12.6. The molecule has 1 heterocycles. The number of amides is 2. The van der Waals surface area contributed by atoms with Crippen molar-refractivity contribution in [1.82, 2.24) is 10.2 Å². The van der Waals surface area contributed by atoms with Crippen LogP contribution in [-0.2, 0) is 11.0 Å². The Morgan fingerprint density at radius 1 is 1.10 bits per heavy atom. The van der Waals surface area contributed by atoms with Gasteiger partial charge in [-0.1, -0.05) is 50.6 Å². The van der Waals surface area contributed by atoms with Gasteiger partial charge in [0.25, 0.3) is 5.91 Å². The van der Waals surface area contributed by atoms with E-state index >= 15 is 0 Å². The zero-order valence-corrected chi connectivity index (χ0v) is 19.1. The number of benzene rings is 2. The molecule has 0 saturated carbocycles. The summed E-state index contributed by atoms with van der Waals surface area (Å²) < 4.78 is 38.8. The molecule has 6 nitrogen and oxygen atoms in total. The monoisotopic (exact) mass is 550 g/mol. The van der Waals surface area contributed by atoms with Crippen molar-refractivity contribution in [2.75, 3.05) is 16.4 Å². The van der Waals surface area contributed by atoms with Gasteiger partial charge in [0, 0.05) is 10.2 Å². The number of halogens is 5. The minimum Gasteiger partial charge on any atom is -0.325 e. The summed E-state index contributed by atoms with van der Waals surface area (Å²) >= 11 is 11.4. The molecule has 0 aliphatic heterocycles. The Morgan fingerprint density at radius 3 is 2.48 bits per heavy atom. The summed E-state index contributed by atoms with van der Waals surface area (Å²) in [6, 6.07) is 8.99. The summed E-state index contributed by atoms with van der Waals surface area (Å²) in [4.78, 5) is 24.4. The molecule has 0 unspecified atom stereocenters. The third-order valence-corrected chi connectivity index (χ3v) is 6.42. The Balaban J connectivity index is 1.52. The van der Waals surface area contributed by atoms with Gasteiger partial charge in [-0.25, -0.2) is 0 Å². The average molecular weight is 552 g/mol. The summed E-state index contributed by atoms with van der Waals surface area (Å²) in [7, 11) is 0. The molecule has 3 rings (SSSR count). The predicted octanol–water partition coefficient (Wildman–Crippen LogP) is 5.96. The molecule has 2 aromatic carbocycles. The number of aromatic nitrogens is 2. The third kappa shape index (κ3) is 6.66. The molecule has 0 aliphatic carbocycles. The second-order valence-electron chi connectivity index (χ2n) is 5.86. The second kappa shape index (κ2) is 9.98. The van der Waals surface area contributed by atoms with Crippen LogP contribution in [0.25, 0.3) is 0 Å². The van der Waals surface area contributed by atoms with Gasteiger partial charge in [0.05, 0.1) is 21.9 Å². The largest absolute Gasteiger partial charge is 0.416 e. The predicted molar refractivity (Wildman–Crippen MR) is 118 cm³/mol. The number of nitrogens with zero attached hydrogens (tertiary/aromatic N) is 2. The number of alkyl halides is 3. The molecule has 0 atom stereocenters. The van der Waals surface area contributed by atoms with Crippen LogP contribution >= 0.6 is 50.6 Å². The fourth-order valence-corrected chi connectivity index (χ4v) is 4.33. The van der Waals surface area contributed by atoms with E-state index in [2.05, 4.69) is 36.8 Å². The maximum Gasteiger partial charge on any atom is 0.416 e. The minimum atomic E-state index is -4.44. The van der Waals surface area contributed by atoms with E-state index < -0.39 is 23.6 Å². The summed E-state index contributed by atoms with van der Waals surface area (Å²) in [5, 5.41) is 13.3. The fourth-order valence-electron chi connectivity index (χ4n) is 2.22. The van der Waals surface area contributed by atoms with E-state index in [1.807, 2.05) is 0 Å². The van der Waals surface area contributed by atoms with E-state index in [0.29, 0.717) is 8.81 Å². The molecule has 3 aromatic rings. The van der Waals surface area contributed by atoms with Crippen molar-refractivity contribution in [2.24, 2.45) is 0 Å². The number of hydrogen-bond acceptors (Lipinski definition) is 6. The van der Waals surface area contributed by atoms with Crippen molar-refractivity contribution in [1.29, 1.82) is 0 Å². The maximum absolute atomic E-state index is 12.6. The molecule has 0 radical (unpaired) electrons. The van der Waals surface area contributed by atoms with E-state index in [-0.39, 0.29) is 27.2 Å². The van der Waals surface area contributed by atoms with E-state index in [1.54, 1.807) is 18.2 Å². The van der Waals surface area contributed by atoms with Gasteiger partial charge in [0.2, 0.25) is 11.0 Å². The van der Waals surface area contributed by atoms with E-state index in [9.17, 15) is 22.8 Å². The highest BCUT2D eigenvalue weighted by Crippen LogP contribution is 2.30. The smallest absolute Gasteiger partial charge is 0.325 e.